The van der Waals surface area contributed by atoms with E-state index < -0.39 is 0 Å². The van der Waals surface area contributed by atoms with E-state index in [4.69, 9.17) is 15.2 Å². The van der Waals surface area contributed by atoms with Crippen LogP contribution in [0.1, 0.15) is 49.8 Å². The normalized spacial score (nSPS) is 19.0. The van der Waals surface area contributed by atoms with Gasteiger partial charge in [0.05, 0.1) is 11.5 Å². The van der Waals surface area contributed by atoms with Gasteiger partial charge in [0.1, 0.15) is 13.2 Å². The first-order valence-electron chi connectivity index (χ1n) is 10.1. The summed E-state index contributed by atoms with van der Waals surface area (Å²) in [5.74, 6) is 1.21. The molecule has 0 radical (unpaired) electrons. The van der Waals surface area contributed by atoms with E-state index in [9.17, 15) is 4.79 Å². The minimum atomic E-state index is -0.364. The molecule has 156 valence electrons. The third-order valence-corrected chi connectivity index (χ3v) is 6.05. The smallest absolute Gasteiger partial charge is 0.225 e. The number of benzene rings is 2. The molecule has 4 rings (SSSR count). The van der Waals surface area contributed by atoms with Crippen LogP contribution in [0.5, 0.6) is 11.5 Å². The average molecular weight is 417 g/mol. The molecule has 1 fully saturated rings. The van der Waals surface area contributed by atoms with Crippen LogP contribution in [0.3, 0.4) is 0 Å². The zero-order valence-electron chi connectivity index (χ0n) is 16.7. The van der Waals surface area contributed by atoms with Crippen molar-refractivity contribution in [3.05, 3.63) is 59.7 Å². The maximum atomic E-state index is 13.1. The Labute approximate surface area is 178 Å². The highest BCUT2D eigenvalue weighted by Gasteiger charge is 2.39. The minimum absolute atomic E-state index is 0. The lowest BCUT2D eigenvalue weighted by atomic mass is 9.86. The van der Waals surface area contributed by atoms with Gasteiger partial charge in [-0.1, -0.05) is 56.2 Å². The van der Waals surface area contributed by atoms with E-state index in [0.29, 0.717) is 13.2 Å². The molecule has 2 atom stereocenters. The molecule has 2 aromatic carbocycles. The van der Waals surface area contributed by atoms with Gasteiger partial charge in [0, 0.05) is 6.04 Å². The Bertz CT molecular complexity index is 837. The summed E-state index contributed by atoms with van der Waals surface area (Å²) in [4.78, 5) is 13.1. The Morgan fingerprint density at radius 1 is 1.03 bits per heavy atom. The van der Waals surface area contributed by atoms with E-state index >= 15 is 0 Å². The van der Waals surface area contributed by atoms with Gasteiger partial charge in [0.15, 0.2) is 11.5 Å². The molecule has 29 heavy (non-hydrogen) atoms. The number of carbonyl (C=O) groups is 1. The predicted octanol–water partition coefficient (Wildman–Crippen LogP) is 4.10. The number of nitrogens with one attached hydrogen (secondary N) is 1. The van der Waals surface area contributed by atoms with Gasteiger partial charge in [-0.3, -0.25) is 4.79 Å². The van der Waals surface area contributed by atoms with Crippen LogP contribution in [0.2, 0.25) is 0 Å². The van der Waals surface area contributed by atoms with Crippen LogP contribution in [0.25, 0.3) is 0 Å². The Morgan fingerprint density at radius 3 is 2.38 bits per heavy atom. The van der Waals surface area contributed by atoms with Gasteiger partial charge < -0.3 is 20.5 Å². The van der Waals surface area contributed by atoms with Crippen molar-refractivity contribution in [3.8, 4) is 11.5 Å². The topological polar surface area (TPSA) is 73.6 Å². The molecule has 1 saturated carbocycles. The first-order chi connectivity index (χ1) is 13.6. The Balaban J connectivity index is 0.00000240. The molecule has 0 bridgehead atoms. The second-order valence-corrected chi connectivity index (χ2v) is 7.86. The number of fused-ring (bicyclic) bond motifs is 1. The summed E-state index contributed by atoms with van der Waals surface area (Å²) in [6, 6.07) is 15.5. The first-order valence-corrected chi connectivity index (χ1v) is 10.1. The van der Waals surface area contributed by atoms with Gasteiger partial charge in [-0.25, -0.2) is 0 Å². The lowest BCUT2D eigenvalue weighted by molar-refractivity contribution is -0.127. The van der Waals surface area contributed by atoms with Crippen molar-refractivity contribution in [2.45, 2.75) is 44.2 Å². The Kier molecular flexibility index (Phi) is 6.70. The molecule has 0 saturated heterocycles. The summed E-state index contributed by atoms with van der Waals surface area (Å²) in [5.41, 5.74) is 8.09. The molecule has 3 N–H and O–H groups in total. The summed E-state index contributed by atoms with van der Waals surface area (Å²) >= 11 is 0. The summed E-state index contributed by atoms with van der Waals surface area (Å²) in [6.45, 7) is 3.03. The van der Waals surface area contributed by atoms with E-state index in [2.05, 4.69) is 11.4 Å². The third kappa shape index (κ3) is 4.36. The van der Waals surface area contributed by atoms with Gasteiger partial charge >= 0.3 is 0 Å². The van der Waals surface area contributed by atoms with Crippen molar-refractivity contribution in [2.24, 2.45) is 11.7 Å². The molecule has 1 amide bonds. The maximum absolute atomic E-state index is 13.1. The van der Waals surface area contributed by atoms with Gasteiger partial charge in [0.2, 0.25) is 5.91 Å². The molecular weight excluding hydrogens is 388 g/mol. The third-order valence-electron chi connectivity index (χ3n) is 6.05. The number of halogens is 1. The Hall–Kier alpha value is -2.24. The minimum Gasteiger partial charge on any atom is -0.486 e. The van der Waals surface area contributed by atoms with Crippen molar-refractivity contribution in [2.75, 3.05) is 13.2 Å². The van der Waals surface area contributed by atoms with E-state index in [1.165, 1.54) is 0 Å². The SMILES string of the molecule is CC(C(=O)NC1(c2ccc3c(c2)OCCO3)CCCC1)C(N)c1ccccc1.Cl. The number of amides is 1. The molecule has 1 heterocycles. The number of hydrogen-bond acceptors (Lipinski definition) is 4. The second-order valence-electron chi connectivity index (χ2n) is 7.86. The second kappa shape index (κ2) is 9.06. The number of rotatable bonds is 5. The van der Waals surface area contributed by atoms with E-state index in [-0.39, 0.29) is 35.8 Å². The number of ether oxygens (including phenoxy) is 2. The predicted molar refractivity (Wildman–Crippen MR) is 116 cm³/mol. The van der Waals surface area contributed by atoms with E-state index in [1.54, 1.807) is 0 Å². The van der Waals surface area contributed by atoms with Crippen molar-refractivity contribution in [1.29, 1.82) is 0 Å². The molecule has 6 heteroatoms. The molecule has 2 aliphatic rings. The average Bonchev–Trinajstić information content (AvgIpc) is 3.22. The fourth-order valence-electron chi connectivity index (χ4n) is 4.28. The van der Waals surface area contributed by atoms with Gasteiger partial charge in [-0.2, -0.15) is 0 Å². The molecule has 5 nitrogen and oxygen atoms in total. The van der Waals surface area contributed by atoms with Gasteiger partial charge in [0.25, 0.3) is 0 Å². The summed E-state index contributed by atoms with van der Waals surface area (Å²) in [5, 5.41) is 3.35. The van der Waals surface area contributed by atoms with E-state index in [0.717, 1.165) is 48.3 Å². The molecule has 0 spiro atoms. The highest BCUT2D eigenvalue weighted by molar-refractivity contribution is 5.85. The molecular formula is C23H29ClN2O3. The van der Waals surface area contributed by atoms with Crippen LogP contribution in [0, 0.1) is 5.92 Å². The monoisotopic (exact) mass is 416 g/mol. The fourth-order valence-corrected chi connectivity index (χ4v) is 4.28. The Morgan fingerprint density at radius 2 is 1.69 bits per heavy atom. The maximum Gasteiger partial charge on any atom is 0.225 e. The van der Waals surface area contributed by atoms with Crippen molar-refractivity contribution in [1.82, 2.24) is 5.32 Å². The molecule has 1 aliphatic carbocycles. The van der Waals surface area contributed by atoms with Crippen molar-refractivity contribution in [3.63, 3.8) is 0 Å². The number of nitrogens with two attached hydrogens (primary N) is 1. The zero-order valence-corrected chi connectivity index (χ0v) is 17.5. The van der Waals surface area contributed by atoms with Crippen molar-refractivity contribution >= 4 is 18.3 Å². The molecule has 2 unspecified atom stereocenters. The largest absolute Gasteiger partial charge is 0.486 e. The van der Waals surface area contributed by atoms with Crippen LogP contribution >= 0.6 is 12.4 Å². The highest BCUT2D eigenvalue weighted by Crippen LogP contribution is 2.42. The lowest BCUT2D eigenvalue weighted by Crippen LogP contribution is -2.47. The fraction of sp³-hybridized carbons (Fsp3) is 0.435. The molecule has 2 aromatic rings. The van der Waals surface area contributed by atoms with Crippen LogP contribution < -0.4 is 20.5 Å². The molecule has 1 aliphatic heterocycles. The van der Waals surface area contributed by atoms with Crippen molar-refractivity contribution < 1.29 is 14.3 Å². The number of hydrogen-bond donors (Lipinski definition) is 2. The standard InChI is InChI=1S/C23H28N2O3.ClH/c1-16(21(24)17-7-3-2-4-8-17)22(26)25-23(11-5-6-12-23)18-9-10-19-20(15-18)28-14-13-27-19;/h2-4,7-10,15-16,21H,5-6,11-14,24H2,1H3,(H,25,26);1H. The zero-order chi connectivity index (χ0) is 19.6. The van der Waals surface area contributed by atoms with Crippen LogP contribution in [-0.4, -0.2) is 19.1 Å². The van der Waals surface area contributed by atoms with Crippen LogP contribution in [-0.2, 0) is 10.3 Å². The van der Waals surface area contributed by atoms with Gasteiger partial charge in [-0.05, 0) is 36.1 Å². The lowest BCUT2D eigenvalue weighted by Gasteiger charge is -2.34. The van der Waals surface area contributed by atoms with Crippen LogP contribution in [0.4, 0.5) is 0 Å². The molecule has 0 aromatic heterocycles. The summed E-state index contributed by atoms with van der Waals surface area (Å²) in [6.07, 6.45) is 4.03. The quantitative estimate of drug-likeness (QED) is 0.769. The number of carbonyl (C=O) groups excluding carboxylic acids is 1. The summed E-state index contributed by atoms with van der Waals surface area (Å²) < 4.78 is 11.4. The van der Waals surface area contributed by atoms with E-state index in [1.807, 2.05) is 49.4 Å². The van der Waals surface area contributed by atoms with Gasteiger partial charge in [-0.15, -0.1) is 12.4 Å². The van der Waals surface area contributed by atoms with Crippen LogP contribution in [0.15, 0.2) is 48.5 Å². The summed E-state index contributed by atoms with van der Waals surface area (Å²) in [7, 11) is 0. The highest BCUT2D eigenvalue weighted by atomic mass is 35.5. The first kappa shape index (κ1) is 21.5.